The van der Waals surface area contributed by atoms with Crippen LogP contribution < -0.4 is 0 Å². The van der Waals surface area contributed by atoms with E-state index in [0.29, 0.717) is 18.8 Å². The monoisotopic (exact) mass is 263 g/mol. The van der Waals surface area contributed by atoms with Gasteiger partial charge in [0.2, 0.25) is 0 Å². The highest BCUT2D eigenvalue weighted by molar-refractivity contribution is 5.93. The minimum Gasteiger partial charge on any atom is -0.461 e. The predicted molar refractivity (Wildman–Crippen MR) is 71.2 cm³/mol. The van der Waals surface area contributed by atoms with Gasteiger partial charge in [-0.05, 0) is 30.9 Å². The van der Waals surface area contributed by atoms with Crippen LogP contribution in [-0.2, 0) is 4.74 Å². The van der Waals surface area contributed by atoms with Crippen LogP contribution in [0.25, 0.3) is 0 Å². The molecule has 1 aliphatic heterocycles. The second-order valence-electron chi connectivity index (χ2n) is 5.63. The third kappa shape index (κ3) is 3.07. The van der Waals surface area contributed by atoms with Crippen molar-refractivity contribution in [1.29, 1.82) is 0 Å². The molecule has 0 aromatic carbocycles. The molecule has 4 heteroatoms. The highest BCUT2D eigenvalue weighted by atomic mass is 16.5. The molecule has 1 saturated carbocycles. The third-order valence-corrected chi connectivity index (χ3v) is 4.28. The van der Waals surface area contributed by atoms with Crippen LogP contribution in [0.3, 0.4) is 0 Å². The van der Waals surface area contributed by atoms with Crippen LogP contribution in [0.5, 0.6) is 0 Å². The van der Waals surface area contributed by atoms with Crippen molar-refractivity contribution in [2.24, 2.45) is 5.92 Å². The molecule has 19 heavy (non-hydrogen) atoms. The Labute approximate surface area is 113 Å². The zero-order valence-electron chi connectivity index (χ0n) is 11.2. The fourth-order valence-electron chi connectivity index (χ4n) is 2.88. The summed E-state index contributed by atoms with van der Waals surface area (Å²) in [4.78, 5) is 14.6. The van der Waals surface area contributed by atoms with Crippen molar-refractivity contribution in [3.05, 3.63) is 24.2 Å². The molecule has 2 aliphatic rings. The van der Waals surface area contributed by atoms with Gasteiger partial charge in [0.1, 0.15) is 0 Å². The molecule has 3 rings (SSSR count). The van der Waals surface area contributed by atoms with Gasteiger partial charge in [0, 0.05) is 25.6 Å². The lowest BCUT2D eigenvalue weighted by molar-refractivity contribution is -0.0206. The highest BCUT2D eigenvalue weighted by Gasteiger charge is 2.29. The van der Waals surface area contributed by atoms with Crippen LogP contribution in [-0.4, -0.2) is 43.0 Å². The Bertz CT molecular complexity index is 411. The Hall–Kier alpha value is -1.13. The second kappa shape index (κ2) is 5.88. The molecule has 1 unspecified atom stereocenters. The molecule has 2 heterocycles. The molecule has 1 aromatic heterocycles. The fraction of sp³-hybridized carbons (Fsp3) is 0.667. The number of hydrogen-bond donors (Lipinski definition) is 0. The number of Topliss-reactive ketones (excluding diaryl/α,β-unsaturated/α-hetero) is 1. The summed E-state index contributed by atoms with van der Waals surface area (Å²) in [7, 11) is 0. The van der Waals surface area contributed by atoms with Gasteiger partial charge < -0.3 is 9.15 Å². The zero-order chi connectivity index (χ0) is 13.1. The summed E-state index contributed by atoms with van der Waals surface area (Å²) in [5.41, 5.74) is 0. The zero-order valence-corrected chi connectivity index (χ0v) is 11.2. The normalized spacial score (nSPS) is 25.2. The molecule has 104 valence electrons. The van der Waals surface area contributed by atoms with E-state index in [0.717, 1.165) is 25.6 Å². The highest BCUT2D eigenvalue weighted by Crippen LogP contribution is 2.28. The first-order valence-electron chi connectivity index (χ1n) is 7.21. The van der Waals surface area contributed by atoms with E-state index in [1.165, 1.54) is 19.3 Å². The summed E-state index contributed by atoms with van der Waals surface area (Å²) >= 11 is 0. The van der Waals surface area contributed by atoms with E-state index in [-0.39, 0.29) is 11.8 Å². The molecule has 1 atom stereocenters. The first-order chi connectivity index (χ1) is 9.33. The molecule has 0 amide bonds. The van der Waals surface area contributed by atoms with Gasteiger partial charge in [0.15, 0.2) is 11.5 Å². The first-order valence-corrected chi connectivity index (χ1v) is 7.21. The summed E-state index contributed by atoms with van der Waals surface area (Å²) in [6, 6.07) is 3.71. The minimum atomic E-state index is 0.0825. The maximum Gasteiger partial charge on any atom is 0.199 e. The molecular weight excluding hydrogens is 242 g/mol. The molecule has 1 saturated heterocycles. The number of carbonyl (C=O) groups is 1. The van der Waals surface area contributed by atoms with E-state index in [1.807, 2.05) is 0 Å². The van der Waals surface area contributed by atoms with Crippen molar-refractivity contribution < 1.29 is 13.9 Å². The quantitative estimate of drug-likeness (QED) is 0.765. The van der Waals surface area contributed by atoms with Gasteiger partial charge in [-0.3, -0.25) is 9.69 Å². The molecule has 1 aromatic rings. The maximum absolute atomic E-state index is 12.1. The Kier molecular flexibility index (Phi) is 3.99. The average molecular weight is 263 g/mol. The standard InChI is InChI=1S/C15H21NO3/c17-14(15-5-2-7-19-15)9-13-11-18-8-6-16(13)10-12-3-1-4-12/h2,5,7,12-13H,1,3-4,6,8-11H2. The van der Waals surface area contributed by atoms with Crippen LogP contribution in [0.1, 0.15) is 36.2 Å². The summed E-state index contributed by atoms with van der Waals surface area (Å²) in [6.07, 6.45) is 6.11. The third-order valence-electron chi connectivity index (χ3n) is 4.28. The van der Waals surface area contributed by atoms with Crippen LogP contribution >= 0.6 is 0 Å². The number of nitrogens with zero attached hydrogens (tertiary/aromatic N) is 1. The maximum atomic E-state index is 12.1. The lowest BCUT2D eigenvalue weighted by Crippen LogP contribution is -2.49. The summed E-state index contributed by atoms with van der Waals surface area (Å²) in [6.45, 7) is 3.53. The van der Waals surface area contributed by atoms with Crippen LogP contribution in [0.2, 0.25) is 0 Å². The minimum absolute atomic E-state index is 0.0825. The van der Waals surface area contributed by atoms with Crippen molar-refractivity contribution in [2.75, 3.05) is 26.3 Å². The number of carbonyl (C=O) groups excluding carboxylic acids is 1. The van der Waals surface area contributed by atoms with Gasteiger partial charge in [-0.1, -0.05) is 6.42 Å². The molecule has 2 fully saturated rings. The molecule has 0 N–H and O–H groups in total. The molecular formula is C15H21NO3. The lowest BCUT2D eigenvalue weighted by atomic mass is 9.84. The first kappa shape index (κ1) is 12.9. The topological polar surface area (TPSA) is 42.7 Å². The van der Waals surface area contributed by atoms with E-state index < -0.39 is 0 Å². The lowest BCUT2D eigenvalue weighted by Gasteiger charge is -2.39. The molecule has 4 nitrogen and oxygen atoms in total. The Balaban J connectivity index is 1.58. The smallest absolute Gasteiger partial charge is 0.199 e. The van der Waals surface area contributed by atoms with E-state index in [2.05, 4.69) is 4.90 Å². The van der Waals surface area contributed by atoms with E-state index in [4.69, 9.17) is 9.15 Å². The van der Waals surface area contributed by atoms with Crippen molar-refractivity contribution in [3.8, 4) is 0 Å². The molecule has 0 radical (unpaired) electrons. The number of hydrogen-bond acceptors (Lipinski definition) is 4. The molecule has 1 aliphatic carbocycles. The van der Waals surface area contributed by atoms with Crippen molar-refractivity contribution in [3.63, 3.8) is 0 Å². The van der Waals surface area contributed by atoms with Gasteiger partial charge in [0.05, 0.1) is 19.5 Å². The Morgan fingerprint density at radius 3 is 3.00 bits per heavy atom. The van der Waals surface area contributed by atoms with Gasteiger partial charge >= 0.3 is 0 Å². The van der Waals surface area contributed by atoms with Crippen LogP contribution in [0, 0.1) is 5.92 Å². The Morgan fingerprint density at radius 2 is 2.32 bits per heavy atom. The summed E-state index contributed by atoms with van der Waals surface area (Å²) in [5, 5.41) is 0. The molecule has 0 spiro atoms. The van der Waals surface area contributed by atoms with Gasteiger partial charge in [-0.25, -0.2) is 0 Å². The largest absolute Gasteiger partial charge is 0.461 e. The van der Waals surface area contributed by atoms with E-state index >= 15 is 0 Å². The number of morpholine rings is 1. The number of furan rings is 1. The number of rotatable bonds is 5. The number of ether oxygens (including phenoxy) is 1. The van der Waals surface area contributed by atoms with Crippen LogP contribution in [0.4, 0.5) is 0 Å². The van der Waals surface area contributed by atoms with Gasteiger partial charge in [-0.15, -0.1) is 0 Å². The average Bonchev–Trinajstić information content (AvgIpc) is 2.89. The second-order valence-corrected chi connectivity index (χ2v) is 5.63. The molecule has 0 bridgehead atoms. The number of ketones is 1. The summed E-state index contributed by atoms with van der Waals surface area (Å²) in [5.74, 6) is 1.38. The van der Waals surface area contributed by atoms with Crippen molar-refractivity contribution in [2.45, 2.75) is 31.7 Å². The predicted octanol–water partition coefficient (Wildman–Crippen LogP) is 2.35. The Morgan fingerprint density at radius 1 is 1.42 bits per heavy atom. The van der Waals surface area contributed by atoms with E-state index in [1.54, 1.807) is 18.4 Å². The van der Waals surface area contributed by atoms with Gasteiger partial charge in [0.25, 0.3) is 0 Å². The SMILES string of the molecule is O=C(CC1COCCN1CC1CCC1)c1ccco1. The fourth-order valence-corrected chi connectivity index (χ4v) is 2.88. The van der Waals surface area contributed by atoms with E-state index in [9.17, 15) is 4.79 Å². The van der Waals surface area contributed by atoms with Crippen LogP contribution in [0.15, 0.2) is 22.8 Å². The van der Waals surface area contributed by atoms with Gasteiger partial charge in [-0.2, -0.15) is 0 Å². The summed E-state index contributed by atoms with van der Waals surface area (Å²) < 4.78 is 10.7. The van der Waals surface area contributed by atoms with Crippen molar-refractivity contribution in [1.82, 2.24) is 4.90 Å². The van der Waals surface area contributed by atoms with Crippen molar-refractivity contribution >= 4 is 5.78 Å².